The molecule has 0 spiro atoms. The molecule has 94 valence electrons. The van der Waals surface area contributed by atoms with Crippen LogP contribution in [0, 0.1) is 17.8 Å². The van der Waals surface area contributed by atoms with Gasteiger partial charge < -0.3 is 10.4 Å². The molecule has 0 aromatic carbocycles. The summed E-state index contributed by atoms with van der Waals surface area (Å²) in [4.78, 5) is 0. The van der Waals surface area contributed by atoms with Gasteiger partial charge in [-0.05, 0) is 44.1 Å². The molecular formula is C14H27NO. The van der Waals surface area contributed by atoms with E-state index in [9.17, 15) is 5.11 Å². The fourth-order valence-electron chi connectivity index (χ4n) is 3.97. The minimum atomic E-state index is -0.0909. The summed E-state index contributed by atoms with van der Waals surface area (Å²) in [5.41, 5.74) is 0. The van der Waals surface area contributed by atoms with E-state index in [2.05, 4.69) is 19.2 Å². The molecule has 5 atom stereocenters. The summed E-state index contributed by atoms with van der Waals surface area (Å²) < 4.78 is 0. The van der Waals surface area contributed by atoms with E-state index in [-0.39, 0.29) is 6.10 Å². The first-order valence-electron chi connectivity index (χ1n) is 7.19. The van der Waals surface area contributed by atoms with Gasteiger partial charge in [0.05, 0.1) is 6.10 Å². The Morgan fingerprint density at radius 2 is 2.12 bits per heavy atom. The number of nitrogens with one attached hydrogen (secondary N) is 1. The number of rotatable bonds is 5. The maximum Gasteiger partial charge on any atom is 0.0583 e. The fraction of sp³-hybridized carbons (Fsp3) is 1.00. The Morgan fingerprint density at radius 3 is 2.81 bits per heavy atom. The second-order valence-corrected chi connectivity index (χ2v) is 5.72. The van der Waals surface area contributed by atoms with Gasteiger partial charge in [0.2, 0.25) is 0 Å². The molecule has 2 heteroatoms. The number of hydrogen-bond donors (Lipinski definition) is 2. The highest BCUT2D eigenvalue weighted by Gasteiger charge is 2.43. The molecule has 0 bridgehead atoms. The lowest BCUT2D eigenvalue weighted by Gasteiger charge is -2.31. The first-order chi connectivity index (χ1) is 7.77. The zero-order valence-electron chi connectivity index (χ0n) is 10.8. The first-order valence-corrected chi connectivity index (χ1v) is 7.19. The average Bonchev–Trinajstić information content (AvgIpc) is 2.83. The molecule has 2 N–H and O–H groups in total. The van der Waals surface area contributed by atoms with Crippen molar-refractivity contribution in [3.05, 3.63) is 0 Å². The lowest BCUT2D eigenvalue weighted by Crippen LogP contribution is -2.41. The maximum absolute atomic E-state index is 10.2. The molecule has 0 radical (unpaired) electrons. The number of aliphatic hydroxyl groups is 1. The van der Waals surface area contributed by atoms with Crippen molar-refractivity contribution in [3.8, 4) is 0 Å². The first kappa shape index (κ1) is 12.4. The van der Waals surface area contributed by atoms with Crippen LogP contribution in [0.15, 0.2) is 0 Å². The van der Waals surface area contributed by atoms with Crippen LogP contribution < -0.4 is 5.32 Å². The second-order valence-electron chi connectivity index (χ2n) is 5.72. The van der Waals surface area contributed by atoms with Crippen molar-refractivity contribution in [2.45, 2.75) is 64.5 Å². The molecule has 0 aromatic heterocycles. The van der Waals surface area contributed by atoms with E-state index in [1.807, 2.05) is 0 Å². The average molecular weight is 225 g/mol. The standard InChI is InChI=1S/C14H27NO/c1-3-6-13(16)11(4-2)14-12-8-5-7-10(12)9-15-14/h10-16H,3-9H2,1-2H3. The molecule has 1 saturated heterocycles. The van der Waals surface area contributed by atoms with Crippen molar-refractivity contribution in [1.82, 2.24) is 5.32 Å². The monoisotopic (exact) mass is 225 g/mol. The Labute approximate surface area is 99.8 Å². The summed E-state index contributed by atoms with van der Waals surface area (Å²) in [7, 11) is 0. The molecule has 1 aliphatic carbocycles. The third-order valence-electron chi connectivity index (χ3n) is 4.81. The Bertz CT molecular complexity index is 219. The van der Waals surface area contributed by atoms with Crippen molar-refractivity contribution in [2.24, 2.45) is 17.8 Å². The van der Waals surface area contributed by atoms with Crippen LogP contribution >= 0.6 is 0 Å². The van der Waals surface area contributed by atoms with Crippen LogP contribution in [0.4, 0.5) is 0 Å². The van der Waals surface area contributed by atoms with Gasteiger partial charge in [-0.1, -0.05) is 26.7 Å². The van der Waals surface area contributed by atoms with E-state index >= 15 is 0 Å². The highest BCUT2D eigenvalue weighted by molar-refractivity contribution is 4.98. The van der Waals surface area contributed by atoms with E-state index in [4.69, 9.17) is 0 Å². The minimum Gasteiger partial charge on any atom is -0.393 e. The molecule has 2 nitrogen and oxygen atoms in total. The summed E-state index contributed by atoms with van der Waals surface area (Å²) >= 11 is 0. The molecular weight excluding hydrogens is 198 g/mol. The van der Waals surface area contributed by atoms with Gasteiger partial charge >= 0.3 is 0 Å². The fourth-order valence-corrected chi connectivity index (χ4v) is 3.97. The van der Waals surface area contributed by atoms with Gasteiger partial charge in [0.25, 0.3) is 0 Å². The van der Waals surface area contributed by atoms with E-state index in [1.165, 1.54) is 25.8 Å². The van der Waals surface area contributed by atoms with Crippen molar-refractivity contribution in [2.75, 3.05) is 6.54 Å². The van der Waals surface area contributed by atoms with Crippen LogP contribution in [0.1, 0.15) is 52.4 Å². The van der Waals surface area contributed by atoms with Crippen molar-refractivity contribution in [3.63, 3.8) is 0 Å². The van der Waals surface area contributed by atoms with Gasteiger partial charge in [-0.15, -0.1) is 0 Å². The molecule has 0 amide bonds. The summed E-state index contributed by atoms with van der Waals surface area (Å²) in [5.74, 6) is 2.25. The summed E-state index contributed by atoms with van der Waals surface area (Å²) in [6, 6.07) is 0.596. The van der Waals surface area contributed by atoms with E-state index < -0.39 is 0 Å². The lowest BCUT2D eigenvalue weighted by molar-refractivity contribution is 0.0658. The third kappa shape index (κ3) is 2.28. The van der Waals surface area contributed by atoms with Crippen LogP contribution in [-0.2, 0) is 0 Å². The predicted octanol–water partition coefficient (Wildman–Crippen LogP) is 2.56. The van der Waals surface area contributed by atoms with Crippen LogP contribution in [0.3, 0.4) is 0 Å². The van der Waals surface area contributed by atoms with Gasteiger partial charge in [-0.2, -0.15) is 0 Å². The topological polar surface area (TPSA) is 32.3 Å². The zero-order chi connectivity index (χ0) is 11.5. The lowest BCUT2D eigenvalue weighted by atomic mass is 9.80. The zero-order valence-corrected chi connectivity index (χ0v) is 10.8. The number of hydrogen-bond acceptors (Lipinski definition) is 2. The number of fused-ring (bicyclic) bond motifs is 1. The molecule has 2 aliphatic rings. The van der Waals surface area contributed by atoms with E-state index in [0.717, 1.165) is 31.1 Å². The van der Waals surface area contributed by atoms with Gasteiger partial charge in [0.1, 0.15) is 0 Å². The largest absolute Gasteiger partial charge is 0.393 e. The highest BCUT2D eigenvalue weighted by Crippen LogP contribution is 2.41. The smallest absolute Gasteiger partial charge is 0.0583 e. The van der Waals surface area contributed by atoms with Crippen LogP contribution in [-0.4, -0.2) is 23.8 Å². The quantitative estimate of drug-likeness (QED) is 0.753. The maximum atomic E-state index is 10.2. The number of aliphatic hydroxyl groups excluding tert-OH is 1. The van der Waals surface area contributed by atoms with Crippen LogP contribution in [0.5, 0.6) is 0 Å². The molecule has 0 aromatic rings. The highest BCUT2D eigenvalue weighted by atomic mass is 16.3. The van der Waals surface area contributed by atoms with E-state index in [0.29, 0.717) is 12.0 Å². The minimum absolute atomic E-state index is 0.0909. The molecule has 1 aliphatic heterocycles. The molecule has 16 heavy (non-hydrogen) atoms. The van der Waals surface area contributed by atoms with Crippen molar-refractivity contribution >= 4 is 0 Å². The Balaban J connectivity index is 1.98. The molecule has 1 saturated carbocycles. The molecule has 5 unspecified atom stereocenters. The molecule has 2 fully saturated rings. The van der Waals surface area contributed by atoms with Crippen LogP contribution in [0.2, 0.25) is 0 Å². The van der Waals surface area contributed by atoms with Gasteiger partial charge in [-0.25, -0.2) is 0 Å². The van der Waals surface area contributed by atoms with Crippen molar-refractivity contribution < 1.29 is 5.11 Å². The van der Waals surface area contributed by atoms with Crippen LogP contribution in [0.25, 0.3) is 0 Å². The van der Waals surface area contributed by atoms with Crippen molar-refractivity contribution in [1.29, 1.82) is 0 Å². The van der Waals surface area contributed by atoms with Gasteiger partial charge in [-0.3, -0.25) is 0 Å². The Kier molecular flexibility index (Phi) is 4.26. The third-order valence-corrected chi connectivity index (χ3v) is 4.81. The second kappa shape index (κ2) is 5.50. The Hall–Kier alpha value is -0.0800. The molecule has 1 heterocycles. The Morgan fingerprint density at radius 1 is 1.31 bits per heavy atom. The summed E-state index contributed by atoms with van der Waals surface area (Å²) in [5, 5.41) is 13.9. The summed E-state index contributed by atoms with van der Waals surface area (Å²) in [6.07, 6.45) is 7.29. The predicted molar refractivity (Wildman–Crippen MR) is 67.3 cm³/mol. The summed E-state index contributed by atoms with van der Waals surface area (Å²) in [6.45, 7) is 5.59. The van der Waals surface area contributed by atoms with E-state index in [1.54, 1.807) is 0 Å². The SMILES string of the molecule is CCCC(O)C(CC)C1NCC2CCCC21. The van der Waals surface area contributed by atoms with Gasteiger partial charge in [0, 0.05) is 12.0 Å². The molecule has 2 rings (SSSR count). The normalized spacial score (nSPS) is 37.3. The van der Waals surface area contributed by atoms with Gasteiger partial charge in [0.15, 0.2) is 0 Å².